The normalized spacial score (nSPS) is 14.2. The molecule has 0 aromatic rings. The molecule has 0 heterocycles. The molecule has 0 amide bonds. The van der Waals surface area contributed by atoms with Gasteiger partial charge in [0.25, 0.3) is 0 Å². The van der Waals surface area contributed by atoms with Gasteiger partial charge in [0.2, 0.25) is 0 Å². The van der Waals surface area contributed by atoms with Crippen LogP contribution in [0.1, 0.15) is 27.2 Å². The number of hydrogen-bond acceptors (Lipinski definition) is 2. The van der Waals surface area contributed by atoms with E-state index >= 15 is 0 Å². The van der Waals surface area contributed by atoms with Gasteiger partial charge in [-0.15, -0.1) is 7.92 Å². The van der Waals surface area contributed by atoms with E-state index < -0.39 is 8.56 Å². The average Bonchev–Trinajstić information content (AvgIpc) is 2.18. The molecule has 0 bridgehead atoms. The highest BCUT2D eigenvalue weighted by Crippen LogP contribution is 2.32. The van der Waals surface area contributed by atoms with Crippen molar-refractivity contribution in [3.63, 3.8) is 0 Å². The second kappa shape index (κ2) is 8.69. The van der Waals surface area contributed by atoms with Crippen molar-refractivity contribution >= 4 is 16.5 Å². The van der Waals surface area contributed by atoms with Crippen LogP contribution in [0.2, 0.25) is 12.6 Å². The van der Waals surface area contributed by atoms with Gasteiger partial charge in [0.15, 0.2) is 0 Å². The molecule has 2 nitrogen and oxygen atoms in total. The molecule has 1 atom stereocenters. The third-order valence-electron chi connectivity index (χ3n) is 2.61. The van der Waals surface area contributed by atoms with Gasteiger partial charge in [0.1, 0.15) is 0 Å². The summed E-state index contributed by atoms with van der Waals surface area (Å²) in [5.41, 5.74) is 0. The lowest BCUT2D eigenvalue weighted by Crippen LogP contribution is -2.38. The Morgan fingerprint density at radius 3 is 2.00 bits per heavy atom. The van der Waals surface area contributed by atoms with Crippen molar-refractivity contribution < 1.29 is 8.85 Å². The minimum absolute atomic E-state index is 0.261. The third-order valence-corrected chi connectivity index (χ3v) is 7.83. The molecule has 0 fully saturated rings. The summed E-state index contributed by atoms with van der Waals surface area (Å²) in [6.45, 7) is 12.6. The molecule has 0 aromatic carbocycles. The van der Waals surface area contributed by atoms with Gasteiger partial charge in [0.05, 0.1) is 0 Å². The molecule has 0 aliphatic heterocycles. The van der Waals surface area contributed by atoms with Gasteiger partial charge in [0, 0.05) is 13.2 Å². The summed E-state index contributed by atoms with van der Waals surface area (Å²) in [6, 6.07) is 1.15. The lowest BCUT2D eigenvalue weighted by molar-refractivity contribution is 0.189. The van der Waals surface area contributed by atoms with Gasteiger partial charge in [-0.2, -0.15) is 0 Å². The summed E-state index contributed by atoms with van der Waals surface area (Å²) in [6.07, 6.45) is 3.99. The van der Waals surface area contributed by atoms with E-state index in [1.807, 2.05) is 0 Å². The first-order chi connectivity index (χ1) is 7.08. The Hall–Kier alpha value is 0.567. The molecule has 0 aliphatic rings. The lowest BCUT2D eigenvalue weighted by Gasteiger charge is -2.26. The van der Waals surface area contributed by atoms with Crippen molar-refractivity contribution in [3.8, 4) is 0 Å². The van der Waals surface area contributed by atoms with E-state index in [2.05, 4.69) is 34.0 Å². The summed E-state index contributed by atoms with van der Waals surface area (Å²) >= 11 is 0. The summed E-state index contributed by atoms with van der Waals surface area (Å²) in [7, 11) is -1.56. The van der Waals surface area contributed by atoms with Crippen LogP contribution in [0.4, 0.5) is 0 Å². The summed E-state index contributed by atoms with van der Waals surface area (Å²) in [4.78, 5) is 0. The third kappa shape index (κ3) is 7.45. The van der Waals surface area contributed by atoms with Gasteiger partial charge in [-0.3, -0.25) is 0 Å². The van der Waals surface area contributed by atoms with Crippen molar-refractivity contribution in [2.75, 3.05) is 32.2 Å². The maximum atomic E-state index is 5.81. The van der Waals surface area contributed by atoms with Crippen molar-refractivity contribution in [1.29, 1.82) is 0 Å². The van der Waals surface area contributed by atoms with Gasteiger partial charge in [-0.25, -0.2) is 0 Å². The Morgan fingerprint density at radius 1 is 1.07 bits per heavy atom. The number of hydrogen-bond donors (Lipinski definition) is 0. The average molecular weight is 250 g/mol. The van der Waals surface area contributed by atoms with Crippen LogP contribution >= 0.6 is 7.92 Å². The fourth-order valence-electron chi connectivity index (χ4n) is 1.62. The SMILES string of the molecule is CCO[Si](C)(CCCP(C)CC)OCC. The van der Waals surface area contributed by atoms with Gasteiger partial charge < -0.3 is 8.85 Å². The van der Waals surface area contributed by atoms with Gasteiger partial charge in [-0.1, -0.05) is 6.92 Å². The minimum atomic E-state index is -1.82. The molecule has 0 saturated heterocycles. The Morgan fingerprint density at radius 2 is 1.60 bits per heavy atom. The van der Waals surface area contributed by atoms with Gasteiger partial charge in [-0.05, 0) is 51.8 Å². The molecule has 0 aliphatic carbocycles. The predicted octanol–water partition coefficient (Wildman–Crippen LogP) is 3.65. The van der Waals surface area contributed by atoms with Crippen LogP contribution in [-0.2, 0) is 8.85 Å². The van der Waals surface area contributed by atoms with Crippen LogP contribution < -0.4 is 0 Å². The Balaban J connectivity index is 3.84. The van der Waals surface area contributed by atoms with Gasteiger partial charge >= 0.3 is 8.56 Å². The zero-order valence-corrected chi connectivity index (χ0v) is 12.9. The largest absolute Gasteiger partial charge is 0.395 e. The zero-order chi connectivity index (χ0) is 11.7. The van der Waals surface area contributed by atoms with E-state index in [1.165, 1.54) is 18.7 Å². The van der Waals surface area contributed by atoms with E-state index in [9.17, 15) is 0 Å². The summed E-state index contributed by atoms with van der Waals surface area (Å²) in [5.74, 6) is 0. The first-order valence-corrected chi connectivity index (χ1v) is 10.7. The van der Waals surface area contributed by atoms with Crippen LogP contribution in [0, 0.1) is 0 Å². The summed E-state index contributed by atoms with van der Waals surface area (Å²) in [5, 5.41) is 0. The smallest absolute Gasteiger partial charge is 0.334 e. The topological polar surface area (TPSA) is 18.5 Å². The van der Waals surface area contributed by atoms with E-state index in [4.69, 9.17) is 8.85 Å². The molecular formula is C11H27O2PSi. The monoisotopic (exact) mass is 250 g/mol. The first-order valence-electron chi connectivity index (χ1n) is 6.04. The Labute approximate surface area is 97.7 Å². The second-order valence-corrected chi connectivity index (χ2v) is 10.1. The standard InChI is InChI=1S/C11H27O2PSi/c1-6-12-15(5,13-7-2)11-9-10-14(4)8-3/h6-11H2,1-5H3. The molecule has 4 heteroatoms. The van der Waals surface area contributed by atoms with Crippen LogP contribution in [0.15, 0.2) is 0 Å². The van der Waals surface area contributed by atoms with Crippen molar-refractivity contribution in [3.05, 3.63) is 0 Å². The first kappa shape index (κ1) is 15.6. The number of rotatable bonds is 9. The van der Waals surface area contributed by atoms with E-state index in [-0.39, 0.29) is 7.92 Å². The molecule has 15 heavy (non-hydrogen) atoms. The minimum Gasteiger partial charge on any atom is -0.395 e. The fraction of sp³-hybridized carbons (Fsp3) is 1.00. The van der Waals surface area contributed by atoms with Crippen LogP contribution in [0.3, 0.4) is 0 Å². The molecular weight excluding hydrogens is 223 g/mol. The van der Waals surface area contributed by atoms with E-state index in [1.54, 1.807) is 0 Å². The van der Waals surface area contributed by atoms with Crippen molar-refractivity contribution in [2.24, 2.45) is 0 Å². The molecule has 0 rings (SSSR count). The van der Waals surface area contributed by atoms with E-state index in [0.29, 0.717) is 0 Å². The zero-order valence-electron chi connectivity index (χ0n) is 11.0. The quantitative estimate of drug-likeness (QED) is 0.459. The molecule has 0 aromatic heterocycles. The molecule has 92 valence electrons. The summed E-state index contributed by atoms with van der Waals surface area (Å²) < 4.78 is 11.6. The maximum absolute atomic E-state index is 5.81. The van der Waals surface area contributed by atoms with Crippen LogP contribution in [0.25, 0.3) is 0 Å². The van der Waals surface area contributed by atoms with E-state index in [0.717, 1.165) is 19.3 Å². The molecule has 0 N–H and O–H groups in total. The van der Waals surface area contributed by atoms with Crippen LogP contribution in [0.5, 0.6) is 0 Å². The Kier molecular flexibility index (Phi) is 9.02. The molecule has 0 radical (unpaired) electrons. The second-order valence-electron chi connectivity index (χ2n) is 4.00. The lowest BCUT2D eigenvalue weighted by atomic mass is 10.6. The highest BCUT2D eigenvalue weighted by Gasteiger charge is 2.29. The molecule has 0 spiro atoms. The maximum Gasteiger partial charge on any atom is 0.334 e. The predicted molar refractivity (Wildman–Crippen MR) is 72.5 cm³/mol. The van der Waals surface area contributed by atoms with Crippen molar-refractivity contribution in [1.82, 2.24) is 0 Å². The van der Waals surface area contributed by atoms with Crippen LogP contribution in [-0.4, -0.2) is 40.8 Å². The molecule has 1 unspecified atom stereocenters. The Bertz CT molecular complexity index is 150. The highest BCUT2D eigenvalue weighted by molar-refractivity contribution is 7.56. The highest BCUT2D eigenvalue weighted by atomic mass is 31.1. The van der Waals surface area contributed by atoms with Crippen molar-refractivity contribution in [2.45, 2.75) is 39.8 Å². The fourth-order valence-corrected chi connectivity index (χ4v) is 5.35. The molecule has 0 saturated carbocycles.